The standard InChI is InChI=1S/C14H16ClN3O2/c15-8-13(19)18-11-3-5-12(6-4-11)20-14-10(9-16)2-1-7-17-14/h1-2,7,11-12H,3-6,8H2,(H,18,19). The number of amides is 1. The van der Waals surface area contributed by atoms with Crippen LogP contribution in [0.3, 0.4) is 0 Å². The summed E-state index contributed by atoms with van der Waals surface area (Å²) in [5, 5.41) is 11.9. The third-order valence-corrected chi connectivity index (χ3v) is 3.57. The second-order valence-electron chi connectivity index (χ2n) is 4.76. The summed E-state index contributed by atoms with van der Waals surface area (Å²) in [6, 6.07) is 5.64. The Labute approximate surface area is 122 Å². The van der Waals surface area contributed by atoms with Crippen LogP contribution >= 0.6 is 11.6 Å². The number of nitrogens with one attached hydrogen (secondary N) is 1. The van der Waals surface area contributed by atoms with Gasteiger partial charge in [0.05, 0.1) is 0 Å². The number of nitriles is 1. The van der Waals surface area contributed by atoms with Gasteiger partial charge in [-0.25, -0.2) is 4.98 Å². The molecule has 1 aliphatic rings. The van der Waals surface area contributed by atoms with E-state index in [9.17, 15) is 4.79 Å². The van der Waals surface area contributed by atoms with Crippen molar-refractivity contribution in [3.63, 3.8) is 0 Å². The zero-order chi connectivity index (χ0) is 14.4. The zero-order valence-electron chi connectivity index (χ0n) is 11.0. The number of carbonyl (C=O) groups excluding carboxylic acids is 1. The second kappa shape index (κ2) is 7.11. The number of aromatic nitrogens is 1. The summed E-state index contributed by atoms with van der Waals surface area (Å²) in [7, 11) is 0. The number of ether oxygens (including phenoxy) is 1. The van der Waals surface area contributed by atoms with Gasteiger partial charge < -0.3 is 10.1 Å². The Hall–Kier alpha value is -1.80. The molecule has 0 bridgehead atoms. The molecule has 1 fully saturated rings. The fraction of sp³-hybridized carbons (Fsp3) is 0.500. The Balaban J connectivity index is 1.86. The fourth-order valence-corrected chi connectivity index (χ4v) is 2.40. The van der Waals surface area contributed by atoms with Crippen LogP contribution < -0.4 is 10.1 Å². The number of nitrogens with zero attached hydrogens (tertiary/aromatic N) is 2. The lowest BCUT2D eigenvalue weighted by Gasteiger charge is -2.29. The van der Waals surface area contributed by atoms with Crippen LogP contribution in [-0.4, -0.2) is 28.9 Å². The van der Waals surface area contributed by atoms with E-state index in [-0.39, 0.29) is 23.9 Å². The lowest BCUT2D eigenvalue weighted by Crippen LogP contribution is -2.40. The van der Waals surface area contributed by atoms with E-state index < -0.39 is 0 Å². The van der Waals surface area contributed by atoms with E-state index in [1.807, 2.05) is 0 Å². The summed E-state index contributed by atoms with van der Waals surface area (Å²) in [5.41, 5.74) is 0.449. The third kappa shape index (κ3) is 3.84. The number of pyridine rings is 1. The maximum Gasteiger partial charge on any atom is 0.235 e. The van der Waals surface area contributed by atoms with Crippen LogP contribution in [0.1, 0.15) is 31.2 Å². The molecule has 0 aliphatic heterocycles. The number of hydrogen-bond donors (Lipinski definition) is 1. The van der Waals surface area contributed by atoms with Gasteiger partial charge in [-0.3, -0.25) is 4.79 Å². The molecule has 106 valence electrons. The highest BCUT2D eigenvalue weighted by Gasteiger charge is 2.24. The maximum absolute atomic E-state index is 11.2. The minimum atomic E-state index is -0.132. The Bertz CT molecular complexity index is 507. The van der Waals surface area contributed by atoms with E-state index in [4.69, 9.17) is 21.6 Å². The highest BCUT2D eigenvalue weighted by Crippen LogP contribution is 2.24. The van der Waals surface area contributed by atoms with E-state index >= 15 is 0 Å². The summed E-state index contributed by atoms with van der Waals surface area (Å²) in [4.78, 5) is 15.3. The minimum absolute atomic E-state index is 0.00407. The number of hydrogen-bond acceptors (Lipinski definition) is 4. The molecule has 1 aliphatic carbocycles. The van der Waals surface area contributed by atoms with Gasteiger partial charge in [0.2, 0.25) is 11.8 Å². The van der Waals surface area contributed by atoms with Gasteiger partial charge in [-0.05, 0) is 37.8 Å². The van der Waals surface area contributed by atoms with Gasteiger partial charge in [0.1, 0.15) is 23.6 Å². The lowest BCUT2D eigenvalue weighted by atomic mass is 9.93. The molecule has 5 nitrogen and oxygen atoms in total. The average Bonchev–Trinajstić information content (AvgIpc) is 2.49. The van der Waals surface area contributed by atoms with E-state index in [1.165, 1.54) is 0 Å². The second-order valence-corrected chi connectivity index (χ2v) is 5.03. The summed E-state index contributed by atoms with van der Waals surface area (Å²) in [6.45, 7) is 0. The molecule has 0 aromatic carbocycles. The molecule has 1 saturated carbocycles. The van der Waals surface area contributed by atoms with E-state index in [1.54, 1.807) is 18.3 Å². The molecule has 20 heavy (non-hydrogen) atoms. The first-order valence-electron chi connectivity index (χ1n) is 6.60. The van der Waals surface area contributed by atoms with Crippen molar-refractivity contribution in [2.75, 3.05) is 5.88 Å². The first-order valence-corrected chi connectivity index (χ1v) is 7.13. The third-order valence-electron chi connectivity index (χ3n) is 3.33. The van der Waals surface area contributed by atoms with Crippen LogP contribution in [0.15, 0.2) is 18.3 Å². The Kier molecular flexibility index (Phi) is 5.19. The molecule has 0 spiro atoms. The SMILES string of the molecule is N#Cc1cccnc1OC1CCC(NC(=O)CCl)CC1. The number of rotatable bonds is 4. The molecular formula is C14H16ClN3O2. The average molecular weight is 294 g/mol. The van der Waals surface area contributed by atoms with Gasteiger partial charge in [0.25, 0.3) is 0 Å². The van der Waals surface area contributed by atoms with Crippen molar-refractivity contribution >= 4 is 17.5 Å². The fourth-order valence-electron chi connectivity index (χ4n) is 2.32. The first kappa shape index (κ1) is 14.6. The normalized spacial score (nSPS) is 21.8. The van der Waals surface area contributed by atoms with E-state index in [0.29, 0.717) is 11.4 Å². The summed E-state index contributed by atoms with van der Waals surface area (Å²) in [5.74, 6) is 0.256. The monoisotopic (exact) mass is 293 g/mol. The van der Waals surface area contributed by atoms with Crippen LogP contribution in [0, 0.1) is 11.3 Å². The van der Waals surface area contributed by atoms with Crippen LogP contribution in [0.4, 0.5) is 0 Å². The van der Waals surface area contributed by atoms with Gasteiger partial charge >= 0.3 is 0 Å². The Morgan fingerprint density at radius 1 is 1.50 bits per heavy atom. The molecule has 1 amide bonds. The number of halogens is 1. The van der Waals surface area contributed by atoms with Crippen molar-refractivity contribution in [1.82, 2.24) is 10.3 Å². The zero-order valence-corrected chi connectivity index (χ0v) is 11.8. The smallest absolute Gasteiger partial charge is 0.235 e. The van der Waals surface area contributed by atoms with E-state index in [2.05, 4.69) is 16.4 Å². The van der Waals surface area contributed by atoms with Crippen LogP contribution in [0.2, 0.25) is 0 Å². The summed E-state index contributed by atoms with van der Waals surface area (Å²) >= 11 is 5.46. The highest BCUT2D eigenvalue weighted by atomic mass is 35.5. The molecular weight excluding hydrogens is 278 g/mol. The summed E-state index contributed by atoms with van der Waals surface area (Å²) < 4.78 is 5.78. The van der Waals surface area contributed by atoms with Crippen molar-refractivity contribution in [2.45, 2.75) is 37.8 Å². The largest absolute Gasteiger partial charge is 0.473 e. The molecule has 1 heterocycles. The number of carbonyl (C=O) groups is 1. The Morgan fingerprint density at radius 3 is 2.90 bits per heavy atom. The topological polar surface area (TPSA) is 75.0 Å². The Morgan fingerprint density at radius 2 is 2.25 bits per heavy atom. The first-order chi connectivity index (χ1) is 9.72. The summed E-state index contributed by atoms with van der Waals surface area (Å²) in [6.07, 6.45) is 5.01. The number of alkyl halides is 1. The van der Waals surface area contributed by atoms with Crippen molar-refractivity contribution in [3.05, 3.63) is 23.9 Å². The lowest BCUT2D eigenvalue weighted by molar-refractivity contribution is -0.119. The van der Waals surface area contributed by atoms with Crippen molar-refractivity contribution in [1.29, 1.82) is 5.26 Å². The van der Waals surface area contributed by atoms with Gasteiger partial charge in [0.15, 0.2) is 0 Å². The predicted molar refractivity (Wildman–Crippen MR) is 74.5 cm³/mol. The molecule has 0 saturated heterocycles. The van der Waals surface area contributed by atoms with Crippen LogP contribution in [-0.2, 0) is 4.79 Å². The van der Waals surface area contributed by atoms with Gasteiger partial charge in [0, 0.05) is 12.2 Å². The molecule has 6 heteroatoms. The van der Waals surface area contributed by atoms with Crippen LogP contribution in [0.25, 0.3) is 0 Å². The van der Waals surface area contributed by atoms with Gasteiger partial charge in [-0.2, -0.15) is 5.26 Å². The van der Waals surface area contributed by atoms with Crippen molar-refractivity contribution < 1.29 is 9.53 Å². The van der Waals surface area contributed by atoms with E-state index in [0.717, 1.165) is 25.7 Å². The van der Waals surface area contributed by atoms with Crippen LogP contribution in [0.5, 0.6) is 5.88 Å². The molecule has 1 N–H and O–H groups in total. The molecule has 2 rings (SSSR count). The highest BCUT2D eigenvalue weighted by molar-refractivity contribution is 6.27. The molecule has 1 aromatic heterocycles. The molecule has 0 atom stereocenters. The minimum Gasteiger partial charge on any atom is -0.473 e. The van der Waals surface area contributed by atoms with Gasteiger partial charge in [-0.1, -0.05) is 0 Å². The van der Waals surface area contributed by atoms with Gasteiger partial charge in [-0.15, -0.1) is 11.6 Å². The maximum atomic E-state index is 11.2. The van der Waals surface area contributed by atoms with Crippen molar-refractivity contribution in [2.24, 2.45) is 0 Å². The molecule has 0 unspecified atom stereocenters. The molecule has 1 aromatic rings. The quantitative estimate of drug-likeness (QED) is 0.862. The predicted octanol–water partition coefficient (Wildman–Crippen LogP) is 2.00. The van der Waals surface area contributed by atoms with Crippen molar-refractivity contribution in [3.8, 4) is 11.9 Å². The molecule has 0 radical (unpaired) electrons.